The molecule has 0 radical (unpaired) electrons. The minimum absolute atomic E-state index is 0.328. The fourth-order valence-electron chi connectivity index (χ4n) is 2.29. The van der Waals surface area contributed by atoms with E-state index in [1.54, 1.807) is 0 Å². The zero-order valence-corrected chi connectivity index (χ0v) is 12.8. The van der Waals surface area contributed by atoms with Crippen LogP contribution in [-0.4, -0.2) is 24.5 Å². The van der Waals surface area contributed by atoms with Gasteiger partial charge >= 0.3 is 0 Å². The highest BCUT2D eigenvalue weighted by Gasteiger charge is 2.15. The van der Waals surface area contributed by atoms with Gasteiger partial charge in [-0.2, -0.15) is 10.2 Å². The maximum absolute atomic E-state index is 4.60. The Labute approximate surface area is 124 Å². The van der Waals surface area contributed by atoms with Crippen LogP contribution in [0.25, 0.3) is 17.2 Å². The first-order valence-electron chi connectivity index (χ1n) is 7.11. The predicted molar refractivity (Wildman–Crippen MR) is 82.4 cm³/mol. The van der Waals surface area contributed by atoms with Crippen LogP contribution in [0.4, 0.5) is 0 Å². The van der Waals surface area contributed by atoms with Crippen LogP contribution in [0.2, 0.25) is 0 Å². The molecule has 0 fully saturated rings. The fraction of sp³-hybridized carbons (Fsp3) is 0.312. The van der Waals surface area contributed by atoms with Gasteiger partial charge in [0, 0.05) is 12.2 Å². The summed E-state index contributed by atoms with van der Waals surface area (Å²) in [5, 5.41) is 9.13. The topological polar surface area (TPSA) is 48.5 Å². The van der Waals surface area contributed by atoms with Crippen molar-refractivity contribution in [2.45, 2.75) is 33.7 Å². The summed E-state index contributed by atoms with van der Waals surface area (Å²) in [4.78, 5) is 4.55. The molecule has 3 rings (SSSR count). The number of benzene rings is 1. The zero-order valence-electron chi connectivity index (χ0n) is 12.8. The number of nitrogens with zero attached hydrogens (tertiary/aromatic N) is 5. The Morgan fingerprint density at radius 2 is 1.76 bits per heavy atom. The van der Waals surface area contributed by atoms with Gasteiger partial charge in [0.05, 0.1) is 5.69 Å². The second-order valence-corrected chi connectivity index (χ2v) is 5.46. The summed E-state index contributed by atoms with van der Waals surface area (Å²) >= 11 is 0. The normalized spacial score (nSPS) is 11.3. The Hall–Kier alpha value is -2.43. The molecule has 0 bridgehead atoms. The lowest BCUT2D eigenvalue weighted by Crippen LogP contribution is -2.04. The first-order valence-corrected chi connectivity index (χ1v) is 7.11. The third-order valence-electron chi connectivity index (χ3n) is 3.42. The predicted octanol–water partition coefficient (Wildman–Crippen LogP) is 3.33. The third-order valence-corrected chi connectivity index (χ3v) is 3.42. The number of hydrogen-bond donors (Lipinski definition) is 0. The van der Waals surface area contributed by atoms with E-state index in [9.17, 15) is 0 Å². The average Bonchev–Trinajstić information content (AvgIpc) is 3.05. The van der Waals surface area contributed by atoms with E-state index in [1.807, 2.05) is 46.7 Å². The van der Waals surface area contributed by atoms with Crippen LogP contribution < -0.4 is 0 Å². The smallest absolute Gasteiger partial charge is 0.183 e. The van der Waals surface area contributed by atoms with Gasteiger partial charge in [-0.25, -0.2) is 9.67 Å². The van der Waals surface area contributed by atoms with Crippen molar-refractivity contribution in [3.05, 3.63) is 47.9 Å². The standard InChI is InChI=1S/C16H19N5/c1-11(2)20-10-9-14(19-20)16-17-13(4)18-21(16)15-8-6-5-7-12(15)3/h5-11H,1-4H3. The van der Waals surface area contributed by atoms with Crippen LogP contribution in [0, 0.1) is 13.8 Å². The first kappa shape index (κ1) is 13.5. The maximum atomic E-state index is 4.60. The highest BCUT2D eigenvalue weighted by atomic mass is 15.4. The Balaban J connectivity index is 2.13. The molecule has 21 heavy (non-hydrogen) atoms. The van der Waals surface area contributed by atoms with E-state index < -0.39 is 0 Å². The van der Waals surface area contributed by atoms with E-state index >= 15 is 0 Å². The van der Waals surface area contributed by atoms with E-state index in [1.165, 1.54) is 0 Å². The molecule has 0 aliphatic rings. The number of aryl methyl sites for hydroxylation is 2. The Morgan fingerprint density at radius 1 is 1.00 bits per heavy atom. The van der Waals surface area contributed by atoms with Crippen molar-refractivity contribution in [1.29, 1.82) is 0 Å². The summed E-state index contributed by atoms with van der Waals surface area (Å²) in [5.41, 5.74) is 3.03. The number of para-hydroxylation sites is 1. The Bertz CT molecular complexity index is 767. The van der Waals surface area contributed by atoms with E-state index in [4.69, 9.17) is 0 Å². The molecule has 0 aliphatic heterocycles. The molecule has 0 N–H and O–H groups in total. The molecular formula is C16H19N5. The van der Waals surface area contributed by atoms with Crippen molar-refractivity contribution < 1.29 is 0 Å². The molecule has 0 unspecified atom stereocenters. The second-order valence-electron chi connectivity index (χ2n) is 5.46. The lowest BCUT2D eigenvalue weighted by atomic mass is 10.2. The Kier molecular flexibility index (Phi) is 3.33. The molecule has 5 heteroatoms. The lowest BCUT2D eigenvalue weighted by molar-refractivity contribution is 0.533. The van der Waals surface area contributed by atoms with Gasteiger partial charge in [0.25, 0.3) is 0 Å². The summed E-state index contributed by atoms with van der Waals surface area (Å²) in [6.07, 6.45) is 1.98. The SMILES string of the molecule is Cc1nc(-c2ccn(C(C)C)n2)n(-c2ccccc2C)n1. The van der Waals surface area contributed by atoms with Crippen LogP contribution in [-0.2, 0) is 0 Å². The van der Waals surface area contributed by atoms with Crippen molar-refractivity contribution in [1.82, 2.24) is 24.5 Å². The zero-order chi connectivity index (χ0) is 15.0. The van der Waals surface area contributed by atoms with E-state index in [0.29, 0.717) is 6.04 Å². The molecule has 0 saturated carbocycles. The number of rotatable bonds is 3. The first-order chi connectivity index (χ1) is 10.1. The van der Waals surface area contributed by atoms with Crippen LogP contribution in [0.15, 0.2) is 36.5 Å². The summed E-state index contributed by atoms with van der Waals surface area (Å²) in [6, 6.07) is 10.5. The quantitative estimate of drug-likeness (QED) is 0.740. The van der Waals surface area contributed by atoms with Crippen LogP contribution in [0.5, 0.6) is 0 Å². The molecular weight excluding hydrogens is 262 g/mol. The largest absolute Gasteiger partial charge is 0.270 e. The second kappa shape index (κ2) is 5.16. The lowest BCUT2D eigenvalue weighted by Gasteiger charge is -2.07. The molecule has 2 aromatic heterocycles. The van der Waals surface area contributed by atoms with Crippen molar-refractivity contribution in [3.63, 3.8) is 0 Å². The average molecular weight is 281 g/mol. The third kappa shape index (κ3) is 2.46. The number of hydrogen-bond acceptors (Lipinski definition) is 3. The van der Waals surface area contributed by atoms with Gasteiger partial charge in [-0.05, 0) is 45.4 Å². The molecule has 0 atom stereocenters. The van der Waals surface area contributed by atoms with E-state index in [2.05, 4.69) is 42.0 Å². The van der Waals surface area contributed by atoms with Gasteiger partial charge in [0.1, 0.15) is 11.5 Å². The monoisotopic (exact) mass is 281 g/mol. The van der Waals surface area contributed by atoms with Crippen molar-refractivity contribution in [3.8, 4) is 17.2 Å². The molecule has 2 heterocycles. The van der Waals surface area contributed by atoms with E-state index in [-0.39, 0.29) is 0 Å². The van der Waals surface area contributed by atoms with Crippen LogP contribution in [0.1, 0.15) is 31.3 Å². The summed E-state index contributed by atoms with van der Waals surface area (Å²) < 4.78 is 3.80. The van der Waals surface area contributed by atoms with Gasteiger partial charge in [0.15, 0.2) is 5.82 Å². The van der Waals surface area contributed by atoms with Gasteiger partial charge in [-0.1, -0.05) is 18.2 Å². The molecule has 3 aromatic rings. The summed E-state index contributed by atoms with van der Waals surface area (Å²) in [6.45, 7) is 8.18. The van der Waals surface area contributed by atoms with E-state index in [0.717, 1.165) is 28.6 Å². The summed E-state index contributed by atoms with van der Waals surface area (Å²) in [5.74, 6) is 1.52. The molecule has 0 spiro atoms. The van der Waals surface area contributed by atoms with Gasteiger partial charge in [0.2, 0.25) is 0 Å². The minimum atomic E-state index is 0.328. The molecule has 108 valence electrons. The molecule has 0 saturated heterocycles. The summed E-state index contributed by atoms with van der Waals surface area (Å²) in [7, 11) is 0. The maximum Gasteiger partial charge on any atom is 0.183 e. The van der Waals surface area contributed by atoms with Gasteiger partial charge < -0.3 is 0 Å². The Morgan fingerprint density at radius 3 is 2.43 bits per heavy atom. The van der Waals surface area contributed by atoms with Crippen molar-refractivity contribution in [2.24, 2.45) is 0 Å². The van der Waals surface area contributed by atoms with Crippen LogP contribution in [0.3, 0.4) is 0 Å². The molecule has 0 amide bonds. The van der Waals surface area contributed by atoms with Crippen molar-refractivity contribution in [2.75, 3.05) is 0 Å². The minimum Gasteiger partial charge on any atom is -0.270 e. The van der Waals surface area contributed by atoms with Gasteiger partial charge in [-0.3, -0.25) is 4.68 Å². The van der Waals surface area contributed by atoms with Crippen LogP contribution >= 0.6 is 0 Å². The molecule has 0 aliphatic carbocycles. The molecule has 1 aromatic carbocycles. The highest BCUT2D eigenvalue weighted by Crippen LogP contribution is 2.22. The van der Waals surface area contributed by atoms with Gasteiger partial charge in [-0.15, -0.1) is 0 Å². The van der Waals surface area contributed by atoms with Crippen molar-refractivity contribution >= 4 is 0 Å². The highest BCUT2D eigenvalue weighted by molar-refractivity contribution is 5.54. The number of aromatic nitrogens is 5. The molecule has 5 nitrogen and oxygen atoms in total. The fourth-order valence-corrected chi connectivity index (χ4v) is 2.29.